The molecule has 4 rings (SSSR count). The number of thiazole rings is 2. The van der Waals surface area contributed by atoms with Gasteiger partial charge in [0.2, 0.25) is 5.13 Å². The fourth-order valence-electron chi connectivity index (χ4n) is 1.96. The van der Waals surface area contributed by atoms with Crippen molar-refractivity contribution in [2.24, 2.45) is 5.10 Å². The molecule has 21 heavy (non-hydrogen) atoms. The maximum absolute atomic E-state index is 6.10. The summed E-state index contributed by atoms with van der Waals surface area (Å²) in [6.45, 7) is 0. The molecule has 104 valence electrons. The van der Waals surface area contributed by atoms with Crippen LogP contribution in [0.5, 0.6) is 0 Å². The number of hydrogen-bond acceptors (Lipinski definition) is 6. The molecule has 0 atom stereocenters. The number of imidazole rings is 1. The summed E-state index contributed by atoms with van der Waals surface area (Å²) in [7, 11) is 0. The molecule has 0 aliphatic heterocycles. The average molecular weight is 334 g/mol. The van der Waals surface area contributed by atoms with E-state index in [1.807, 2.05) is 40.2 Å². The zero-order valence-corrected chi connectivity index (χ0v) is 12.9. The first-order chi connectivity index (χ1) is 10.3. The van der Waals surface area contributed by atoms with Gasteiger partial charge in [-0.05, 0) is 12.1 Å². The number of aromatic nitrogens is 3. The minimum absolute atomic E-state index is 0.441. The lowest BCUT2D eigenvalue weighted by Gasteiger charge is -1.93. The van der Waals surface area contributed by atoms with Crippen LogP contribution in [-0.2, 0) is 0 Å². The van der Waals surface area contributed by atoms with Crippen LogP contribution < -0.4 is 5.43 Å². The monoisotopic (exact) mass is 333 g/mol. The van der Waals surface area contributed by atoms with Gasteiger partial charge >= 0.3 is 0 Å². The van der Waals surface area contributed by atoms with Crippen LogP contribution in [0.3, 0.4) is 0 Å². The predicted molar refractivity (Wildman–Crippen MR) is 88.9 cm³/mol. The molecule has 1 aromatic carbocycles. The number of para-hydroxylation sites is 1. The number of hydrazone groups is 1. The molecule has 3 aromatic heterocycles. The van der Waals surface area contributed by atoms with Crippen LogP contribution >= 0.6 is 34.3 Å². The number of benzene rings is 1. The summed E-state index contributed by atoms with van der Waals surface area (Å²) in [5, 5.41) is 7.34. The molecule has 0 bridgehead atoms. The Kier molecular flexibility index (Phi) is 3.10. The van der Waals surface area contributed by atoms with E-state index in [2.05, 4.69) is 20.5 Å². The zero-order valence-electron chi connectivity index (χ0n) is 10.5. The normalized spacial score (nSPS) is 11.9. The minimum Gasteiger partial charge on any atom is -0.288 e. The number of fused-ring (bicyclic) bond motifs is 2. The second-order valence-electron chi connectivity index (χ2n) is 4.20. The first-order valence-corrected chi connectivity index (χ1v) is 8.14. The van der Waals surface area contributed by atoms with Gasteiger partial charge in [0.1, 0.15) is 5.69 Å². The van der Waals surface area contributed by atoms with Crippen LogP contribution in [0.15, 0.2) is 40.9 Å². The molecule has 8 heteroatoms. The summed E-state index contributed by atoms with van der Waals surface area (Å²) >= 11 is 9.18. The van der Waals surface area contributed by atoms with Crippen LogP contribution in [0, 0.1) is 0 Å². The van der Waals surface area contributed by atoms with Crippen molar-refractivity contribution in [2.75, 3.05) is 5.43 Å². The topological polar surface area (TPSA) is 54.6 Å². The first kappa shape index (κ1) is 12.8. The fraction of sp³-hybridized carbons (Fsp3) is 0. The maximum atomic E-state index is 6.10. The highest BCUT2D eigenvalue weighted by molar-refractivity contribution is 7.22. The Balaban J connectivity index is 1.61. The summed E-state index contributed by atoms with van der Waals surface area (Å²) in [4.78, 5) is 9.54. The van der Waals surface area contributed by atoms with Crippen molar-refractivity contribution in [1.82, 2.24) is 14.4 Å². The van der Waals surface area contributed by atoms with Gasteiger partial charge in [-0.15, -0.1) is 11.3 Å². The van der Waals surface area contributed by atoms with Gasteiger partial charge in [-0.3, -0.25) is 9.83 Å². The molecule has 0 aliphatic rings. The van der Waals surface area contributed by atoms with Gasteiger partial charge in [-0.2, -0.15) is 5.10 Å². The lowest BCUT2D eigenvalue weighted by Crippen LogP contribution is -1.93. The SMILES string of the molecule is Clc1nc2sccn2c1/C=N\Nc1nc2ccccc2s1. The van der Waals surface area contributed by atoms with E-state index in [1.165, 1.54) is 11.3 Å². The van der Waals surface area contributed by atoms with Crippen LogP contribution in [0.1, 0.15) is 5.69 Å². The molecule has 0 spiro atoms. The minimum atomic E-state index is 0.441. The van der Waals surface area contributed by atoms with Crippen molar-refractivity contribution in [2.45, 2.75) is 0 Å². The Hall–Kier alpha value is -1.96. The van der Waals surface area contributed by atoms with Gasteiger partial charge in [0.15, 0.2) is 10.1 Å². The molecule has 0 amide bonds. The second-order valence-corrected chi connectivity index (χ2v) is 6.46. The van der Waals surface area contributed by atoms with Crippen LogP contribution in [-0.4, -0.2) is 20.6 Å². The predicted octanol–water partition coefficient (Wildman–Crippen LogP) is 4.10. The number of rotatable bonds is 3. The van der Waals surface area contributed by atoms with Gasteiger partial charge in [0.05, 0.1) is 16.4 Å². The van der Waals surface area contributed by atoms with Crippen LogP contribution in [0.4, 0.5) is 5.13 Å². The van der Waals surface area contributed by atoms with Crippen molar-refractivity contribution in [1.29, 1.82) is 0 Å². The van der Waals surface area contributed by atoms with E-state index in [0.717, 1.165) is 26.0 Å². The number of halogens is 1. The molecule has 0 unspecified atom stereocenters. The van der Waals surface area contributed by atoms with Gasteiger partial charge in [0, 0.05) is 11.6 Å². The Morgan fingerprint density at radius 2 is 2.19 bits per heavy atom. The quantitative estimate of drug-likeness (QED) is 0.453. The average Bonchev–Trinajstić information content (AvgIpc) is 3.14. The lowest BCUT2D eigenvalue weighted by atomic mass is 10.3. The molecule has 0 saturated heterocycles. The lowest BCUT2D eigenvalue weighted by molar-refractivity contribution is 1.21. The molecule has 5 nitrogen and oxygen atoms in total. The van der Waals surface area contributed by atoms with Crippen LogP contribution in [0.2, 0.25) is 5.15 Å². The largest absolute Gasteiger partial charge is 0.288 e. The van der Waals surface area contributed by atoms with E-state index in [1.54, 1.807) is 17.6 Å². The highest BCUT2D eigenvalue weighted by atomic mass is 35.5. The number of nitrogens with zero attached hydrogens (tertiary/aromatic N) is 4. The third-order valence-corrected chi connectivity index (χ3v) is 4.87. The highest BCUT2D eigenvalue weighted by Crippen LogP contribution is 2.25. The molecule has 0 aliphatic carbocycles. The molecule has 1 N–H and O–H groups in total. The molecule has 0 radical (unpaired) electrons. The first-order valence-electron chi connectivity index (χ1n) is 6.07. The smallest absolute Gasteiger partial charge is 0.204 e. The maximum Gasteiger partial charge on any atom is 0.204 e. The van der Waals surface area contributed by atoms with Gasteiger partial charge in [0.25, 0.3) is 0 Å². The molecule has 3 heterocycles. The zero-order chi connectivity index (χ0) is 14.2. The Morgan fingerprint density at radius 1 is 1.29 bits per heavy atom. The van der Waals surface area contributed by atoms with Crippen molar-refractivity contribution < 1.29 is 0 Å². The molecular formula is C13H8ClN5S2. The molecule has 0 fully saturated rings. The van der Waals surface area contributed by atoms with Crippen molar-refractivity contribution in [3.63, 3.8) is 0 Å². The van der Waals surface area contributed by atoms with Crippen molar-refractivity contribution in [3.05, 3.63) is 46.7 Å². The summed E-state index contributed by atoms with van der Waals surface area (Å²) in [6.07, 6.45) is 3.57. The Bertz CT molecular complexity index is 919. The van der Waals surface area contributed by atoms with E-state index in [4.69, 9.17) is 11.6 Å². The summed E-state index contributed by atoms with van der Waals surface area (Å²) in [5.41, 5.74) is 4.65. The third-order valence-electron chi connectivity index (χ3n) is 2.90. The number of anilines is 1. The van der Waals surface area contributed by atoms with Gasteiger partial charge in [-0.25, -0.2) is 9.97 Å². The van der Waals surface area contributed by atoms with Gasteiger partial charge in [-0.1, -0.05) is 35.1 Å². The molecule has 4 aromatic rings. The Morgan fingerprint density at radius 3 is 3.10 bits per heavy atom. The third kappa shape index (κ3) is 2.29. The van der Waals surface area contributed by atoms with E-state index >= 15 is 0 Å². The second kappa shape index (κ2) is 5.10. The summed E-state index contributed by atoms with van der Waals surface area (Å²) in [5.74, 6) is 0. The van der Waals surface area contributed by atoms with E-state index in [-0.39, 0.29) is 0 Å². The van der Waals surface area contributed by atoms with E-state index in [0.29, 0.717) is 5.15 Å². The summed E-state index contributed by atoms with van der Waals surface area (Å²) in [6, 6.07) is 7.97. The fourth-order valence-corrected chi connectivity index (χ4v) is 3.77. The van der Waals surface area contributed by atoms with Gasteiger partial charge < -0.3 is 0 Å². The standard InChI is InChI=1S/C13H8ClN5S2/c14-11-9(19-5-6-20-13(19)17-11)7-15-18-12-16-8-3-1-2-4-10(8)21-12/h1-7H,(H,16,18)/b15-7-. The van der Waals surface area contributed by atoms with Crippen LogP contribution in [0.25, 0.3) is 15.2 Å². The molecular weight excluding hydrogens is 326 g/mol. The number of hydrogen-bond donors (Lipinski definition) is 1. The summed E-state index contributed by atoms with van der Waals surface area (Å²) < 4.78 is 3.02. The molecule has 0 saturated carbocycles. The van der Waals surface area contributed by atoms with E-state index < -0.39 is 0 Å². The van der Waals surface area contributed by atoms with Crippen molar-refractivity contribution in [3.8, 4) is 0 Å². The van der Waals surface area contributed by atoms with E-state index in [9.17, 15) is 0 Å². The number of nitrogens with one attached hydrogen (secondary N) is 1. The Labute approximate surface area is 132 Å². The van der Waals surface area contributed by atoms with Crippen molar-refractivity contribution >= 4 is 60.8 Å². The highest BCUT2D eigenvalue weighted by Gasteiger charge is 2.09.